The predicted molar refractivity (Wildman–Crippen MR) is 82.8 cm³/mol. The lowest BCUT2D eigenvalue weighted by molar-refractivity contribution is 0.251. The fourth-order valence-electron chi connectivity index (χ4n) is 2.41. The van der Waals surface area contributed by atoms with Crippen LogP contribution in [0.5, 0.6) is 0 Å². The van der Waals surface area contributed by atoms with Crippen LogP contribution >= 0.6 is 0 Å². The molecule has 0 radical (unpaired) electrons. The molecule has 1 heterocycles. The minimum absolute atomic E-state index is 0.157. The van der Waals surface area contributed by atoms with Crippen LogP contribution in [0.4, 0.5) is 16.2 Å². The Kier molecular flexibility index (Phi) is 5.68. The van der Waals surface area contributed by atoms with Gasteiger partial charge in [-0.2, -0.15) is 0 Å². The Hall–Kier alpha value is -1.75. The Labute approximate surface area is 120 Å². The first kappa shape index (κ1) is 14.7. The zero-order chi connectivity index (χ0) is 14.2. The van der Waals surface area contributed by atoms with Gasteiger partial charge in [-0.05, 0) is 69.6 Å². The van der Waals surface area contributed by atoms with Gasteiger partial charge in [-0.25, -0.2) is 4.79 Å². The highest BCUT2D eigenvalue weighted by molar-refractivity contribution is 5.89. The van der Waals surface area contributed by atoms with Gasteiger partial charge < -0.3 is 21.3 Å². The van der Waals surface area contributed by atoms with E-state index in [9.17, 15) is 4.79 Å². The lowest BCUT2D eigenvalue weighted by Gasteiger charge is -2.14. The number of likely N-dealkylation sites (tertiary alicyclic amines) is 1. The summed E-state index contributed by atoms with van der Waals surface area (Å²) < 4.78 is 0. The van der Waals surface area contributed by atoms with Gasteiger partial charge in [0, 0.05) is 17.9 Å². The third kappa shape index (κ3) is 5.09. The van der Waals surface area contributed by atoms with E-state index < -0.39 is 0 Å². The molecule has 0 unspecified atom stereocenters. The number of unbranched alkanes of at least 4 members (excludes halogenated alkanes) is 1. The molecule has 2 amide bonds. The topological polar surface area (TPSA) is 70.4 Å². The number of hydrogen-bond donors (Lipinski definition) is 3. The molecule has 0 aliphatic carbocycles. The highest BCUT2D eigenvalue weighted by Crippen LogP contribution is 2.10. The summed E-state index contributed by atoms with van der Waals surface area (Å²) >= 11 is 0. The zero-order valence-electron chi connectivity index (χ0n) is 11.9. The molecule has 20 heavy (non-hydrogen) atoms. The third-order valence-electron chi connectivity index (χ3n) is 3.55. The van der Waals surface area contributed by atoms with Gasteiger partial charge in [-0.15, -0.1) is 0 Å². The van der Waals surface area contributed by atoms with Crippen molar-refractivity contribution >= 4 is 17.4 Å². The van der Waals surface area contributed by atoms with Gasteiger partial charge in [-0.1, -0.05) is 0 Å². The van der Waals surface area contributed by atoms with E-state index in [-0.39, 0.29) is 6.03 Å². The van der Waals surface area contributed by atoms with E-state index in [1.807, 2.05) is 0 Å². The Balaban J connectivity index is 1.54. The van der Waals surface area contributed by atoms with Crippen LogP contribution in [0.15, 0.2) is 24.3 Å². The van der Waals surface area contributed by atoms with Crippen LogP contribution in [-0.2, 0) is 0 Å². The van der Waals surface area contributed by atoms with Crippen LogP contribution in [-0.4, -0.2) is 37.1 Å². The minimum Gasteiger partial charge on any atom is -0.399 e. The molecule has 1 aliphatic rings. The van der Waals surface area contributed by atoms with E-state index >= 15 is 0 Å². The largest absolute Gasteiger partial charge is 0.399 e. The Morgan fingerprint density at radius 2 is 1.85 bits per heavy atom. The average molecular weight is 276 g/mol. The maximum Gasteiger partial charge on any atom is 0.319 e. The molecular weight excluding hydrogens is 252 g/mol. The molecule has 0 spiro atoms. The summed E-state index contributed by atoms with van der Waals surface area (Å²) in [6.45, 7) is 4.35. The van der Waals surface area contributed by atoms with Gasteiger partial charge >= 0.3 is 6.03 Å². The second kappa shape index (κ2) is 7.75. The molecule has 0 atom stereocenters. The number of nitrogens with one attached hydrogen (secondary N) is 2. The summed E-state index contributed by atoms with van der Waals surface area (Å²) in [5.74, 6) is 0. The van der Waals surface area contributed by atoms with E-state index in [1.54, 1.807) is 24.3 Å². The van der Waals surface area contributed by atoms with Gasteiger partial charge in [0.05, 0.1) is 0 Å². The quantitative estimate of drug-likeness (QED) is 0.551. The van der Waals surface area contributed by atoms with Gasteiger partial charge in [0.25, 0.3) is 0 Å². The van der Waals surface area contributed by atoms with Gasteiger partial charge in [0.2, 0.25) is 0 Å². The normalized spacial score (nSPS) is 15.2. The van der Waals surface area contributed by atoms with E-state index in [0.29, 0.717) is 12.2 Å². The van der Waals surface area contributed by atoms with E-state index in [1.165, 1.54) is 25.9 Å². The number of nitrogen functional groups attached to an aromatic ring is 1. The number of nitrogens with zero attached hydrogens (tertiary/aromatic N) is 1. The molecule has 110 valence electrons. The molecule has 0 aromatic heterocycles. The number of hydrogen-bond acceptors (Lipinski definition) is 3. The molecular formula is C15H24N4O. The average Bonchev–Trinajstić information content (AvgIpc) is 2.94. The highest BCUT2D eigenvalue weighted by Gasteiger charge is 2.10. The maximum absolute atomic E-state index is 11.7. The first-order valence-electron chi connectivity index (χ1n) is 7.37. The van der Waals surface area contributed by atoms with Crippen molar-refractivity contribution in [1.82, 2.24) is 10.2 Å². The molecule has 2 rings (SSSR count). The van der Waals surface area contributed by atoms with Crippen molar-refractivity contribution in [3.05, 3.63) is 24.3 Å². The van der Waals surface area contributed by atoms with E-state index in [4.69, 9.17) is 5.73 Å². The van der Waals surface area contributed by atoms with Crippen molar-refractivity contribution in [2.75, 3.05) is 37.2 Å². The highest BCUT2D eigenvalue weighted by atomic mass is 16.2. The van der Waals surface area contributed by atoms with Gasteiger partial charge in [-0.3, -0.25) is 0 Å². The van der Waals surface area contributed by atoms with Crippen molar-refractivity contribution in [2.45, 2.75) is 25.7 Å². The molecule has 1 aliphatic heterocycles. The summed E-state index contributed by atoms with van der Waals surface area (Å²) in [6.07, 6.45) is 4.83. The first-order valence-corrected chi connectivity index (χ1v) is 7.37. The van der Waals surface area contributed by atoms with Crippen molar-refractivity contribution in [3.8, 4) is 0 Å². The summed E-state index contributed by atoms with van der Waals surface area (Å²) in [4.78, 5) is 14.1. The number of anilines is 2. The fourth-order valence-corrected chi connectivity index (χ4v) is 2.41. The Morgan fingerprint density at radius 3 is 2.55 bits per heavy atom. The number of carbonyl (C=O) groups is 1. The summed E-state index contributed by atoms with van der Waals surface area (Å²) in [5, 5.41) is 5.66. The van der Waals surface area contributed by atoms with Crippen LogP contribution in [0.1, 0.15) is 25.7 Å². The Bertz CT molecular complexity index is 412. The molecule has 1 aromatic carbocycles. The van der Waals surface area contributed by atoms with Crippen molar-refractivity contribution in [2.24, 2.45) is 0 Å². The molecule has 0 saturated carbocycles. The van der Waals surface area contributed by atoms with Crippen molar-refractivity contribution in [3.63, 3.8) is 0 Å². The monoisotopic (exact) mass is 276 g/mol. The number of benzene rings is 1. The molecule has 0 bridgehead atoms. The van der Waals surface area contributed by atoms with Crippen LogP contribution in [0.25, 0.3) is 0 Å². The number of carbonyl (C=O) groups excluding carboxylic acids is 1. The fraction of sp³-hybridized carbons (Fsp3) is 0.533. The van der Waals surface area contributed by atoms with Gasteiger partial charge in [0.1, 0.15) is 0 Å². The number of rotatable bonds is 6. The molecule has 1 saturated heterocycles. The molecule has 1 aromatic rings. The van der Waals surface area contributed by atoms with E-state index in [0.717, 1.165) is 25.1 Å². The van der Waals surface area contributed by atoms with Crippen LogP contribution < -0.4 is 16.4 Å². The maximum atomic E-state index is 11.7. The summed E-state index contributed by atoms with van der Waals surface area (Å²) in [6, 6.07) is 6.97. The number of nitrogens with two attached hydrogens (primary N) is 1. The number of amides is 2. The molecule has 5 heteroatoms. The molecule has 1 fully saturated rings. The second-order valence-electron chi connectivity index (χ2n) is 5.26. The predicted octanol–water partition coefficient (Wildman–Crippen LogP) is 2.27. The Morgan fingerprint density at radius 1 is 1.15 bits per heavy atom. The van der Waals surface area contributed by atoms with Crippen LogP contribution in [0.3, 0.4) is 0 Å². The third-order valence-corrected chi connectivity index (χ3v) is 3.55. The molecule has 5 nitrogen and oxygen atoms in total. The number of urea groups is 1. The van der Waals surface area contributed by atoms with Crippen molar-refractivity contribution < 1.29 is 4.79 Å². The van der Waals surface area contributed by atoms with Crippen molar-refractivity contribution in [1.29, 1.82) is 0 Å². The summed E-state index contributed by atoms with van der Waals surface area (Å²) in [5.41, 5.74) is 7.04. The lowest BCUT2D eigenvalue weighted by atomic mass is 10.3. The lowest BCUT2D eigenvalue weighted by Crippen LogP contribution is -2.30. The minimum atomic E-state index is -0.157. The van der Waals surface area contributed by atoms with Gasteiger partial charge in [0.15, 0.2) is 0 Å². The molecule has 4 N–H and O–H groups in total. The zero-order valence-corrected chi connectivity index (χ0v) is 11.9. The second-order valence-corrected chi connectivity index (χ2v) is 5.26. The van der Waals surface area contributed by atoms with Crippen LogP contribution in [0.2, 0.25) is 0 Å². The summed E-state index contributed by atoms with van der Waals surface area (Å²) in [7, 11) is 0. The SMILES string of the molecule is Nc1ccc(NC(=O)NCCCCN2CCCC2)cc1. The van der Waals surface area contributed by atoms with Crippen LogP contribution in [0, 0.1) is 0 Å². The smallest absolute Gasteiger partial charge is 0.319 e. The van der Waals surface area contributed by atoms with E-state index in [2.05, 4.69) is 15.5 Å². The first-order chi connectivity index (χ1) is 9.74. The standard InChI is InChI=1S/C15H24N4O/c16-13-5-7-14(8-6-13)18-15(20)17-9-1-2-10-19-11-3-4-12-19/h5-8H,1-4,9-12,16H2,(H2,17,18,20).